The Labute approximate surface area is 184 Å². The number of methoxy groups -OCH3 is 1. The second kappa shape index (κ2) is 11.8. The summed E-state index contributed by atoms with van der Waals surface area (Å²) in [4.78, 5) is 30.3. The van der Waals surface area contributed by atoms with Crippen LogP contribution >= 0.6 is 0 Å². The fourth-order valence-corrected chi connectivity index (χ4v) is 4.42. The minimum absolute atomic E-state index is 0.0592. The van der Waals surface area contributed by atoms with Crippen molar-refractivity contribution in [3.8, 4) is 0 Å². The maximum atomic E-state index is 12.7. The Bertz CT molecular complexity index is 901. The zero-order chi connectivity index (χ0) is 22.9. The van der Waals surface area contributed by atoms with Crippen LogP contribution in [-0.2, 0) is 24.3 Å². The van der Waals surface area contributed by atoms with Crippen LogP contribution in [0.3, 0.4) is 0 Å². The molecule has 172 valence electrons. The van der Waals surface area contributed by atoms with Gasteiger partial charge in [0, 0.05) is 25.2 Å². The van der Waals surface area contributed by atoms with Crippen LogP contribution in [0.15, 0.2) is 34.2 Å². The van der Waals surface area contributed by atoms with Crippen LogP contribution in [-0.4, -0.2) is 64.3 Å². The van der Waals surface area contributed by atoms with E-state index in [0.717, 1.165) is 19.3 Å². The lowest BCUT2D eigenvalue weighted by Crippen LogP contribution is -2.38. The van der Waals surface area contributed by atoms with E-state index in [1.165, 1.54) is 19.2 Å². The van der Waals surface area contributed by atoms with Crippen molar-refractivity contribution in [3.05, 3.63) is 24.3 Å². The van der Waals surface area contributed by atoms with Gasteiger partial charge in [-0.2, -0.15) is 0 Å². The first-order valence-electron chi connectivity index (χ1n) is 10.5. The van der Waals surface area contributed by atoms with E-state index in [1.54, 1.807) is 19.1 Å². The predicted molar refractivity (Wildman–Crippen MR) is 119 cm³/mol. The number of benzene rings is 1. The van der Waals surface area contributed by atoms with E-state index in [-0.39, 0.29) is 29.2 Å². The number of ether oxygens (including phenoxy) is 1. The quantitative estimate of drug-likeness (QED) is 0.554. The van der Waals surface area contributed by atoms with Crippen LogP contribution in [0.25, 0.3) is 0 Å². The number of amidine groups is 1. The largest absolute Gasteiger partial charge is 0.469 e. The summed E-state index contributed by atoms with van der Waals surface area (Å²) in [5, 5.41) is 2.73. The molecule has 1 aromatic rings. The molecule has 0 saturated heterocycles. The van der Waals surface area contributed by atoms with Crippen molar-refractivity contribution < 1.29 is 22.7 Å². The summed E-state index contributed by atoms with van der Waals surface area (Å²) in [6, 6.07) is 6.11. The fraction of sp³-hybridized carbons (Fsp3) is 0.571. The molecule has 2 rings (SSSR count). The van der Waals surface area contributed by atoms with Gasteiger partial charge in [-0.25, -0.2) is 8.42 Å². The van der Waals surface area contributed by atoms with Gasteiger partial charge in [0.15, 0.2) is 0 Å². The SMILES string of the molecule is CCN(CC(=O)Nc1cccc(S(=O)(=O)NC2=NCCCCC2)c1)CC(C)C(=O)OC. The van der Waals surface area contributed by atoms with Gasteiger partial charge in [0.25, 0.3) is 10.0 Å². The van der Waals surface area contributed by atoms with Gasteiger partial charge in [-0.1, -0.05) is 26.3 Å². The molecule has 10 heteroatoms. The number of aliphatic imine (C=N–C) groups is 1. The molecular formula is C21H32N4O5S. The summed E-state index contributed by atoms with van der Waals surface area (Å²) in [5.41, 5.74) is 0.382. The highest BCUT2D eigenvalue weighted by molar-refractivity contribution is 7.90. The highest BCUT2D eigenvalue weighted by Crippen LogP contribution is 2.17. The summed E-state index contributed by atoms with van der Waals surface area (Å²) in [7, 11) is -2.45. The van der Waals surface area contributed by atoms with Crippen LogP contribution in [0, 0.1) is 5.92 Å². The molecule has 0 saturated carbocycles. The van der Waals surface area contributed by atoms with Crippen molar-refractivity contribution in [2.75, 3.05) is 38.6 Å². The van der Waals surface area contributed by atoms with E-state index < -0.39 is 10.0 Å². The molecule has 0 radical (unpaired) electrons. The Morgan fingerprint density at radius 1 is 1.26 bits per heavy atom. The molecule has 2 N–H and O–H groups in total. The number of rotatable bonds is 9. The molecule has 0 fully saturated rings. The zero-order valence-electron chi connectivity index (χ0n) is 18.4. The van der Waals surface area contributed by atoms with Gasteiger partial charge in [-0.15, -0.1) is 0 Å². The molecule has 1 aliphatic heterocycles. The Morgan fingerprint density at radius 3 is 2.74 bits per heavy atom. The Kier molecular flexibility index (Phi) is 9.44. The van der Waals surface area contributed by atoms with Crippen LogP contribution in [0.5, 0.6) is 0 Å². The number of amides is 1. The van der Waals surface area contributed by atoms with E-state index in [0.29, 0.717) is 37.6 Å². The number of hydrogen-bond donors (Lipinski definition) is 2. The number of nitrogens with one attached hydrogen (secondary N) is 2. The highest BCUT2D eigenvalue weighted by Gasteiger charge is 2.20. The van der Waals surface area contributed by atoms with Crippen LogP contribution < -0.4 is 10.0 Å². The normalized spacial score (nSPS) is 15.5. The molecule has 9 nitrogen and oxygen atoms in total. The molecule has 0 bridgehead atoms. The molecule has 1 aromatic carbocycles. The van der Waals surface area contributed by atoms with Crippen molar-refractivity contribution in [2.45, 2.75) is 44.4 Å². The average Bonchev–Trinajstić information content (AvgIpc) is 3.00. The van der Waals surface area contributed by atoms with Crippen molar-refractivity contribution in [1.82, 2.24) is 9.62 Å². The second-order valence-electron chi connectivity index (χ2n) is 7.57. The first kappa shape index (κ1) is 24.8. The summed E-state index contributed by atoms with van der Waals surface area (Å²) >= 11 is 0. The molecule has 1 atom stereocenters. The van der Waals surface area contributed by atoms with E-state index in [4.69, 9.17) is 4.74 Å². The Balaban J connectivity index is 2.01. The third kappa shape index (κ3) is 7.95. The van der Waals surface area contributed by atoms with Gasteiger partial charge >= 0.3 is 5.97 Å². The van der Waals surface area contributed by atoms with E-state index >= 15 is 0 Å². The van der Waals surface area contributed by atoms with E-state index in [1.807, 2.05) is 11.8 Å². The first-order chi connectivity index (χ1) is 14.7. The lowest BCUT2D eigenvalue weighted by Gasteiger charge is -2.22. The maximum Gasteiger partial charge on any atom is 0.309 e. The third-order valence-electron chi connectivity index (χ3n) is 5.00. The maximum absolute atomic E-state index is 12.7. The summed E-state index contributed by atoms with van der Waals surface area (Å²) in [6.45, 7) is 5.30. The zero-order valence-corrected chi connectivity index (χ0v) is 19.2. The number of likely N-dealkylation sites (N-methyl/N-ethyl adjacent to an activating group) is 1. The molecule has 1 amide bonds. The lowest BCUT2D eigenvalue weighted by atomic mass is 10.1. The topological polar surface area (TPSA) is 117 Å². The number of carbonyl (C=O) groups excluding carboxylic acids is 2. The van der Waals surface area contributed by atoms with Gasteiger partial charge in [-0.3, -0.25) is 24.2 Å². The van der Waals surface area contributed by atoms with Crippen molar-refractivity contribution in [3.63, 3.8) is 0 Å². The summed E-state index contributed by atoms with van der Waals surface area (Å²) in [6.07, 6.45) is 3.50. The second-order valence-corrected chi connectivity index (χ2v) is 9.25. The lowest BCUT2D eigenvalue weighted by molar-refractivity contribution is -0.145. The number of carbonyl (C=O) groups is 2. The molecule has 31 heavy (non-hydrogen) atoms. The average molecular weight is 453 g/mol. The summed E-state index contributed by atoms with van der Waals surface area (Å²) < 4.78 is 32.8. The van der Waals surface area contributed by atoms with Crippen molar-refractivity contribution in [1.29, 1.82) is 0 Å². The monoisotopic (exact) mass is 452 g/mol. The van der Waals surface area contributed by atoms with Gasteiger partial charge in [0.05, 0.1) is 24.5 Å². The van der Waals surface area contributed by atoms with Crippen LogP contribution in [0.4, 0.5) is 5.69 Å². The van der Waals surface area contributed by atoms with Crippen LogP contribution in [0.1, 0.15) is 39.5 Å². The molecule has 1 aliphatic rings. The minimum Gasteiger partial charge on any atom is -0.469 e. The molecule has 1 heterocycles. The van der Waals surface area contributed by atoms with Crippen LogP contribution in [0.2, 0.25) is 0 Å². The predicted octanol–water partition coefficient (Wildman–Crippen LogP) is 2.01. The van der Waals surface area contributed by atoms with E-state index in [2.05, 4.69) is 15.0 Å². The number of esters is 1. The highest BCUT2D eigenvalue weighted by atomic mass is 32.2. The Morgan fingerprint density at radius 2 is 2.03 bits per heavy atom. The molecular weight excluding hydrogens is 420 g/mol. The molecule has 0 aliphatic carbocycles. The van der Waals surface area contributed by atoms with Crippen molar-refractivity contribution >= 4 is 33.4 Å². The number of nitrogens with zero attached hydrogens (tertiary/aromatic N) is 2. The smallest absolute Gasteiger partial charge is 0.309 e. The Hall–Kier alpha value is -2.46. The van der Waals surface area contributed by atoms with Gasteiger partial charge in [0.1, 0.15) is 5.84 Å². The van der Waals surface area contributed by atoms with Gasteiger partial charge in [0.2, 0.25) is 5.91 Å². The third-order valence-corrected chi connectivity index (χ3v) is 6.38. The molecule has 1 unspecified atom stereocenters. The fourth-order valence-electron chi connectivity index (χ4n) is 3.28. The minimum atomic E-state index is -3.78. The summed E-state index contributed by atoms with van der Waals surface area (Å²) in [5.74, 6) is -0.508. The number of sulfonamides is 1. The standard InChI is InChI=1S/C21H32N4O5S/c1-4-25(14-16(2)21(27)30-3)15-20(26)23-17-9-8-10-18(13-17)31(28,29)24-19-11-6-5-7-12-22-19/h8-10,13,16H,4-7,11-12,14-15H2,1-3H3,(H,22,24)(H,23,26). The number of anilines is 1. The van der Waals surface area contributed by atoms with Crippen molar-refractivity contribution in [2.24, 2.45) is 10.9 Å². The molecule has 0 aromatic heterocycles. The van der Waals surface area contributed by atoms with E-state index in [9.17, 15) is 18.0 Å². The van der Waals surface area contributed by atoms with Gasteiger partial charge < -0.3 is 10.1 Å². The first-order valence-corrected chi connectivity index (χ1v) is 12.0. The number of hydrogen-bond acceptors (Lipinski definition) is 7. The molecule has 0 spiro atoms. The van der Waals surface area contributed by atoms with Gasteiger partial charge in [-0.05, 0) is 37.6 Å².